The lowest BCUT2D eigenvalue weighted by molar-refractivity contribution is -0.0528. The predicted octanol–water partition coefficient (Wildman–Crippen LogP) is 3.96. The normalized spacial score (nSPS) is 19.4. The number of halogens is 2. The number of alkyl halides is 2. The molecule has 0 unspecified atom stereocenters. The number of amides is 1. The minimum absolute atomic E-state index is 0.153. The van der Waals surface area contributed by atoms with Gasteiger partial charge in [0, 0.05) is 25.6 Å². The van der Waals surface area contributed by atoms with E-state index >= 15 is 0 Å². The van der Waals surface area contributed by atoms with Crippen LogP contribution in [0, 0.1) is 5.92 Å². The van der Waals surface area contributed by atoms with Gasteiger partial charge in [-0.2, -0.15) is 13.8 Å². The van der Waals surface area contributed by atoms with Crippen molar-refractivity contribution in [3.8, 4) is 11.8 Å². The number of nitrogens with one attached hydrogen (secondary N) is 2. The Labute approximate surface area is 184 Å². The van der Waals surface area contributed by atoms with Crippen LogP contribution in [0.5, 0.6) is 11.8 Å². The molecule has 1 fully saturated rings. The molecule has 0 spiro atoms. The van der Waals surface area contributed by atoms with E-state index in [9.17, 15) is 13.6 Å². The monoisotopic (exact) mass is 454 g/mol. The van der Waals surface area contributed by atoms with Gasteiger partial charge in [-0.15, -0.1) is 5.10 Å². The third-order valence-electron chi connectivity index (χ3n) is 4.50. The summed E-state index contributed by atoms with van der Waals surface area (Å²) in [5.74, 6) is 0.920. The summed E-state index contributed by atoms with van der Waals surface area (Å²) in [5.41, 5.74) is -0.549. The highest BCUT2D eigenvalue weighted by molar-refractivity contribution is 5.68. The lowest BCUT2D eigenvalue weighted by Gasteiger charge is -2.27. The van der Waals surface area contributed by atoms with Gasteiger partial charge in [0.1, 0.15) is 17.5 Å². The number of aromatic amines is 1. The van der Waals surface area contributed by atoms with Crippen LogP contribution >= 0.6 is 0 Å². The summed E-state index contributed by atoms with van der Waals surface area (Å²) in [4.78, 5) is 22.6. The molecule has 10 nitrogen and oxygen atoms in total. The van der Waals surface area contributed by atoms with Gasteiger partial charge in [0.05, 0.1) is 12.4 Å². The molecule has 12 heteroatoms. The number of carbonyl (C=O) groups excluding carboxylic acids is 1. The van der Waals surface area contributed by atoms with E-state index in [1.165, 1.54) is 18.5 Å². The van der Waals surface area contributed by atoms with Gasteiger partial charge in [-0.3, -0.25) is 10.1 Å². The lowest BCUT2D eigenvalue weighted by atomic mass is 10.0. The predicted molar refractivity (Wildman–Crippen MR) is 111 cm³/mol. The lowest BCUT2D eigenvalue weighted by Crippen LogP contribution is -2.38. The highest BCUT2D eigenvalue weighted by atomic mass is 19.3. The van der Waals surface area contributed by atoms with Crippen LogP contribution in [0.15, 0.2) is 18.5 Å². The molecule has 0 aromatic carbocycles. The van der Waals surface area contributed by atoms with Gasteiger partial charge in [0.15, 0.2) is 5.82 Å². The van der Waals surface area contributed by atoms with Crippen molar-refractivity contribution in [2.24, 2.45) is 5.92 Å². The standard InChI is InChI=1S/C20H28F2N6O4/c1-12-7-13(5-6-28(11-12)19(29)32-20(2,3)4)30-17-10-23-9-15(25-17)24-14-8-16(27-26-14)31-18(21)22/h8-10,12-13,18H,5-7,11H2,1-4H3,(H2,24,25,26,27)/t12-,13-/m0/s1. The number of hydrogen-bond donors (Lipinski definition) is 2. The largest absolute Gasteiger partial charge is 0.473 e. The first-order valence-corrected chi connectivity index (χ1v) is 10.3. The average molecular weight is 454 g/mol. The van der Waals surface area contributed by atoms with E-state index in [-0.39, 0.29) is 24.0 Å². The Morgan fingerprint density at radius 3 is 2.81 bits per heavy atom. The van der Waals surface area contributed by atoms with E-state index in [4.69, 9.17) is 9.47 Å². The molecule has 1 aliphatic heterocycles. The van der Waals surface area contributed by atoms with E-state index in [1.54, 1.807) is 4.90 Å². The number of carbonyl (C=O) groups is 1. The molecule has 0 saturated carbocycles. The van der Waals surface area contributed by atoms with Crippen molar-refractivity contribution in [2.75, 3.05) is 18.4 Å². The average Bonchev–Trinajstić information content (AvgIpc) is 3.00. The Bertz CT molecular complexity index is 904. The number of hydrogen-bond acceptors (Lipinski definition) is 8. The summed E-state index contributed by atoms with van der Waals surface area (Å²) in [6.45, 7) is 5.71. The van der Waals surface area contributed by atoms with E-state index in [0.717, 1.165) is 6.42 Å². The number of anilines is 2. The number of H-pyrrole nitrogens is 1. The maximum Gasteiger partial charge on any atom is 0.410 e. The number of aromatic nitrogens is 4. The van der Waals surface area contributed by atoms with E-state index in [0.29, 0.717) is 37.0 Å². The molecule has 3 heterocycles. The summed E-state index contributed by atoms with van der Waals surface area (Å²) < 4.78 is 40.3. The molecule has 2 aromatic rings. The van der Waals surface area contributed by atoms with Crippen molar-refractivity contribution >= 4 is 17.7 Å². The summed E-state index contributed by atoms with van der Waals surface area (Å²) in [5, 5.41) is 9.02. The van der Waals surface area contributed by atoms with Gasteiger partial charge in [0.2, 0.25) is 11.8 Å². The SMILES string of the molecule is C[C@H]1C[C@@H](Oc2cncc(Nc3cc(OC(F)F)n[nH]3)n2)CCN(C(=O)OC(C)(C)C)C1. The number of rotatable bonds is 6. The minimum atomic E-state index is -2.96. The molecule has 1 saturated heterocycles. The van der Waals surface area contributed by atoms with Crippen LogP contribution in [0.3, 0.4) is 0 Å². The number of likely N-dealkylation sites (tertiary alicyclic amines) is 1. The molecule has 32 heavy (non-hydrogen) atoms. The molecule has 0 radical (unpaired) electrons. The van der Waals surface area contributed by atoms with Gasteiger partial charge in [-0.05, 0) is 33.1 Å². The van der Waals surface area contributed by atoms with Gasteiger partial charge >= 0.3 is 12.7 Å². The van der Waals surface area contributed by atoms with Crippen LogP contribution in [-0.4, -0.2) is 62.6 Å². The zero-order chi connectivity index (χ0) is 23.3. The Balaban J connectivity index is 1.59. The minimum Gasteiger partial charge on any atom is -0.473 e. The summed E-state index contributed by atoms with van der Waals surface area (Å²) in [6.07, 6.45) is 3.84. The second kappa shape index (κ2) is 9.96. The zero-order valence-electron chi connectivity index (χ0n) is 18.5. The molecule has 2 aromatic heterocycles. The molecule has 0 bridgehead atoms. The van der Waals surface area contributed by atoms with E-state index in [2.05, 4.69) is 37.1 Å². The summed E-state index contributed by atoms with van der Waals surface area (Å²) >= 11 is 0. The third kappa shape index (κ3) is 7.20. The fraction of sp³-hybridized carbons (Fsp3) is 0.600. The zero-order valence-corrected chi connectivity index (χ0v) is 18.5. The van der Waals surface area contributed by atoms with Crippen LogP contribution in [-0.2, 0) is 4.74 Å². The Kier molecular flexibility index (Phi) is 7.31. The Morgan fingerprint density at radius 1 is 1.31 bits per heavy atom. The highest BCUT2D eigenvalue weighted by Gasteiger charge is 2.29. The van der Waals surface area contributed by atoms with Crippen molar-refractivity contribution in [3.05, 3.63) is 18.5 Å². The molecule has 1 aliphatic rings. The molecular weight excluding hydrogens is 426 g/mol. The van der Waals surface area contributed by atoms with Crippen LogP contribution in [0.4, 0.5) is 25.2 Å². The fourth-order valence-electron chi connectivity index (χ4n) is 3.30. The first-order valence-electron chi connectivity index (χ1n) is 10.3. The van der Waals surface area contributed by atoms with Crippen LogP contribution in [0.1, 0.15) is 40.5 Å². The smallest absolute Gasteiger partial charge is 0.410 e. The molecular formula is C20H28F2N6O4. The second-order valence-electron chi connectivity index (χ2n) is 8.66. The first-order chi connectivity index (χ1) is 15.1. The van der Waals surface area contributed by atoms with Crippen molar-refractivity contribution in [1.82, 2.24) is 25.1 Å². The van der Waals surface area contributed by atoms with Crippen LogP contribution in [0.2, 0.25) is 0 Å². The Morgan fingerprint density at radius 2 is 2.09 bits per heavy atom. The maximum absolute atomic E-state index is 12.4. The molecule has 1 amide bonds. The maximum atomic E-state index is 12.4. The van der Waals surface area contributed by atoms with Gasteiger partial charge < -0.3 is 24.4 Å². The van der Waals surface area contributed by atoms with Crippen LogP contribution in [0.25, 0.3) is 0 Å². The second-order valence-corrected chi connectivity index (χ2v) is 8.66. The number of nitrogens with zero attached hydrogens (tertiary/aromatic N) is 4. The Hall–Kier alpha value is -3.18. The fourth-order valence-corrected chi connectivity index (χ4v) is 3.30. The van der Waals surface area contributed by atoms with Crippen molar-refractivity contribution < 1.29 is 27.8 Å². The van der Waals surface area contributed by atoms with Crippen molar-refractivity contribution in [2.45, 2.75) is 58.9 Å². The first kappa shape index (κ1) is 23.5. The molecule has 2 N–H and O–H groups in total. The van der Waals surface area contributed by atoms with E-state index < -0.39 is 12.2 Å². The van der Waals surface area contributed by atoms with Gasteiger partial charge in [-0.25, -0.2) is 4.79 Å². The van der Waals surface area contributed by atoms with Crippen molar-refractivity contribution in [1.29, 1.82) is 0 Å². The quantitative estimate of drug-likeness (QED) is 0.674. The van der Waals surface area contributed by atoms with Crippen molar-refractivity contribution in [3.63, 3.8) is 0 Å². The molecule has 3 rings (SSSR count). The summed E-state index contributed by atoms with van der Waals surface area (Å²) in [6, 6.07) is 1.28. The van der Waals surface area contributed by atoms with E-state index in [1.807, 2.05) is 20.8 Å². The molecule has 0 aliphatic carbocycles. The topological polar surface area (TPSA) is 114 Å². The van der Waals surface area contributed by atoms with Gasteiger partial charge in [0.25, 0.3) is 0 Å². The summed E-state index contributed by atoms with van der Waals surface area (Å²) in [7, 11) is 0. The van der Waals surface area contributed by atoms with Crippen LogP contribution < -0.4 is 14.8 Å². The highest BCUT2D eigenvalue weighted by Crippen LogP contribution is 2.24. The third-order valence-corrected chi connectivity index (χ3v) is 4.50. The molecule has 2 atom stereocenters. The van der Waals surface area contributed by atoms with Gasteiger partial charge in [-0.1, -0.05) is 6.92 Å². The number of ether oxygens (including phenoxy) is 3. The molecule has 176 valence electrons.